The molecule has 1 atom stereocenters. The van der Waals surface area contributed by atoms with Crippen LogP contribution in [0.2, 0.25) is 0 Å². The molecule has 10 heteroatoms. The first-order chi connectivity index (χ1) is 15.9. The third-order valence-corrected chi connectivity index (χ3v) is 6.47. The van der Waals surface area contributed by atoms with Gasteiger partial charge in [0.05, 0.1) is 21.9 Å². The number of hydrogen-bond donors (Lipinski definition) is 3. The molecule has 5 rings (SSSR count). The van der Waals surface area contributed by atoms with E-state index in [0.29, 0.717) is 30.2 Å². The molecule has 33 heavy (non-hydrogen) atoms. The number of benzene rings is 2. The molecule has 1 unspecified atom stereocenters. The summed E-state index contributed by atoms with van der Waals surface area (Å²) in [5.41, 5.74) is 9.58. The molecule has 1 aliphatic rings. The van der Waals surface area contributed by atoms with Crippen molar-refractivity contribution in [2.24, 2.45) is 5.73 Å². The van der Waals surface area contributed by atoms with Gasteiger partial charge in [0.1, 0.15) is 5.69 Å². The molecule has 0 bridgehead atoms. The number of hydrogen-bond acceptors (Lipinski definition) is 5. The van der Waals surface area contributed by atoms with Crippen LogP contribution in [0.5, 0.6) is 0 Å². The smallest absolute Gasteiger partial charge is 0.254 e. The highest BCUT2D eigenvalue weighted by molar-refractivity contribution is 6.23. The molecular formula is C23H24ClN7O2. The topological polar surface area (TPSA) is 124 Å². The van der Waals surface area contributed by atoms with E-state index in [9.17, 15) is 9.59 Å². The predicted molar refractivity (Wildman–Crippen MR) is 127 cm³/mol. The Kier molecular flexibility index (Phi) is 5.51. The summed E-state index contributed by atoms with van der Waals surface area (Å²) < 4.78 is 0. The number of aromatic amines is 2. The van der Waals surface area contributed by atoms with Crippen LogP contribution >= 0.6 is 11.6 Å². The maximum absolute atomic E-state index is 13.0. The second kappa shape index (κ2) is 8.49. The van der Waals surface area contributed by atoms with Gasteiger partial charge in [-0.25, -0.2) is 4.98 Å². The fraction of sp³-hybridized carbons (Fsp3) is 0.304. The number of aromatic nitrogens is 4. The zero-order valence-corrected chi connectivity index (χ0v) is 18.9. The van der Waals surface area contributed by atoms with Gasteiger partial charge in [-0.2, -0.15) is 5.10 Å². The Morgan fingerprint density at radius 1 is 1.15 bits per heavy atom. The molecule has 3 heterocycles. The fourth-order valence-electron chi connectivity index (χ4n) is 4.27. The van der Waals surface area contributed by atoms with Crippen LogP contribution in [0.25, 0.3) is 33.5 Å². The minimum absolute atomic E-state index is 0.0170. The van der Waals surface area contributed by atoms with Crippen molar-refractivity contribution in [2.45, 2.75) is 11.8 Å². The average molecular weight is 466 g/mol. The van der Waals surface area contributed by atoms with Gasteiger partial charge in [0.2, 0.25) is 5.91 Å². The van der Waals surface area contributed by atoms with Crippen molar-refractivity contribution < 1.29 is 9.59 Å². The molecule has 2 amide bonds. The third kappa shape index (κ3) is 4.05. The summed E-state index contributed by atoms with van der Waals surface area (Å²) in [5, 5.41) is 7.65. The second-order valence-corrected chi connectivity index (χ2v) is 8.92. The summed E-state index contributed by atoms with van der Waals surface area (Å²) in [4.78, 5) is 36.5. The highest BCUT2D eigenvalue weighted by Gasteiger charge is 2.23. The SMILES string of the molecule is CN1CCN(C(=O)c2ccc3nc(-c4n[nH]c5cccc(C(Cl)CC(N)=O)c45)[nH]c3c2)CC1. The minimum Gasteiger partial charge on any atom is -0.370 e. The number of imidazole rings is 1. The Morgan fingerprint density at radius 2 is 1.94 bits per heavy atom. The summed E-state index contributed by atoms with van der Waals surface area (Å²) in [6, 6.07) is 11.1. The van der Waals surface area contributed by atoms with Crippen molar-refractivity contribution in [3.05, 3.63) is 47.5 Å². The molecule has 1 fully saturated rings. The number of alkyl halides is 1. The van der Waals surface area contributed by atoms with Crippen LogP contribution < -0.4 is 5.73 Å². The van der Waals surface area contributed by atoms with Crippen molar-refractivity contribution in [2.75, 3.05) is 33.2 Å². The lowest BCUT2D eigenvalue weighted by molar-refractivity contribution is -0.118. The van der Waals surface area contributed by atoms with Crippen LogP contribution in [0.15, 0.2) is 36.4 Å². The van der Waals surface area contributed by atoms with Gasteiger partial charge in [-0.15, -0.1) is 11.6 Å². The van der Waals surface area contributed by atoms with Crippen molar-refractivity contribution in [3.63, 3.8) is 0 Å². The average Bonchev–Trinajstić information content (AvgIpc) is 3.42. The number of nitrogens with zero attached hydrogens (tertiary/aromatic N) is 4. The molecule has 4 N–H and O–H groups in total. The Morgan fingerprint density at radius 3 is 2.70 bits per heavy atom. The quantitative estimate of drug-likeness (QED) is 0.391. The highest BCUT2D eigenvalue weighted by Crippen LogP contribution is 2.35. The van der Waals surface area contributed by atoms with Crippen LogP contribution in [-0.2, 0) is 4.79 Å². The summed E-state index contributed by atoms with van der Waals surface area (Å²) in [6.07, 6.45) is 0.0170. The summed E-state index contributed by atoms with van der Waals surface area (Å²) in [6.45, 7) is 3.17. The number of fused-ring (bicyclic) bond motifs is 2. The lowest BCUT2D eigenvalue weighted by atomic mass is 10.0. The number of likely N-dealkylation sites (N-methyl/N-ethyl adjacent to an activating group) is 1. The molecule has 2 aromatic heterocycles. The maximum Gasteiger partial charge on any atom is 0.254 e. The Balaban J connectivity index is 1.51. The number of amides is 2. The molecular weight excluding hydrogens is 442 g/mol. The fourth-order valence-corrected chi connectivity index (χ4v) is 4.60. The number of nitrogens with two attached hydrogens (primary N) is 1. The number of H-pyrrole nitrogens is 2. The molecule has 170 valence electrons. The van der Waals surface area contributed by atoms with Crippen LogP contribution in [0, 0.1) is 0 Å². The molecule has 0 spiro atoms. The molecule has 1 aliphatic heterocycles. The number of primary amides is 1. The molecule has 0 radical (unpaired) electrons. The van der Waals surface area contributed by atoms with E-state index in [1.165, 1.54) is 0 Å². The molecule has 2 aromatic carbocycles. The normalized spacial score (nSPS) is 15.9. The first kappa shape index (κ1) is 21.4. The van der Waals surface area contributed by atoms with Crippen LogP contribution in [0.4, 0.5) is 0 Å². The summed E-state index contributed by atoms with van der Waals surface area (Å²) in [5.74, 6) is 0.0965. The second-order valence-electron chi connectivity index (χ2n) is 8.39. The van der Waals surface area contributed by atoms with E-state index < -0.39 is 11.3 Å². The zero-order chi connectivity index (χ0) is 23.1. The number of carbonyl (C=O) groups excluding carboxylic acids is 2. The number of nitrogens with one attached hydrogen (secondary N) is 2. The predicted octanol–water partition coefficient (Wildman–Crippen LogP) is 2.65. The standard InChI is InChI=1S/C23H24ClN7O2/c1-30-7-9-31(10-8-30)23(33)13-5-6-16-18(11-13)27-22(26-16)21-20-14(15(24)12-19(25)32)3-2-4-17(20)28-29-21/h2-6,11,15H,7-10,12H2,1H3,(H2,25,32)(H,26,27)(H,28,29). The van der Waals surface area contributed by atoms with Gasteiger partial charge in [-0.3, -0.25) is 14.7 Å². The number of carbonyl (C=O) groups is 2. The largest absolute Gasteiger partial charge is 0.370 e. The highest BCUT2D eigenvalue weighted by atomic mass is 35.5. The van der Waals surface area contributed by atoms with Crippen LogP contribution in [-0.4, -0.2) is 75.0 Å². The van der Waals surface area contributed by atoms with Crippen molar-refractivity contribution >= 4 is 45.4 Å². The van der Waals surface area contributed by atoms with Crippen LogP contribution in [0.1, 0.15) is 27.7 Å². The molecule has 4 aromatic rings. The van der Waals surface area contributed by atoms with E-state index in [1.807, 2.05) is 41.3 Å². The molecule has 0 saturated carbocycles. The minimum atomic E-state index is -0.584. The first-order valence-electron chi connectivity index (χ1n) is 10.8. The lowest BCUT2D eigenvalue weighted by Gasteiger charge is -2.32. The zero-order valence-electron chi connectivity index (χ0n) is 18.1. The van der Waals surface area contributed by atoms with Gasteiger partial charge in [-0.1, -0.05) is 12.1 Å². The van der Waals surface area contributed by atoms with E-state index >= 15 is 0 Å². The van der Waals surface area contributed by atoms with Gasteiger partial charge < -0.3 is 20.5 Å². The first-order valence-corrected chi connectivity index (χ1v) is 11.2. The van der Waals surface area contributed by atoms with Crippen molar-refractivity contribution in [3.8, 4) is 11.5 Å². The van der Waals surface area contributed by atoms with E-state index in [1.54, 1.807) is 0 Å². The Hall–Kier alpha value is -3.43. The van der Waals surface area contributed by atoms with Gasteiger partial charge in [0.15, 0.2) is 5.82 Å². The molecule has 0 aliphatic carbocycles. The van der Waals surface area contributed by atoms with Crippen molar-refractivity contribution in [1.82, 2.24) is 30.0 Å². The number of rotatable bonds is 5. The van der Waals surface area contributed by atoms with E-state index in [-0.39, 0.29) is 12.3 Å². The maximum atomic E-state index is 13.0. The lowest BCUT2D eigenvalue weighted by Crippen LogP contribution is -2.47. The molecule has 9 nitrogen and oxygen atoms in total. The summed E-state index contributed by atoms with van der Waals surface area (Å²) in [7, 11) is 2.06. The summed E-state index contributed by atoms with van der Waals surface area (Å²) >= 11 is 6.50. The van der Waals surface area contributed by atoms with E-state index in [2.05, 4.69) is 32.1 Å². The number of halogens is 1. The van der Waals surface area contributed by atoms with E-state index in [0.717, 1.165) is 40.6 Å². The molecule has 1 saturated heterocycles. The van der Waals surface area contributed by atoms with Crippen molar-refractivity contribution in [1.29, 1.82) is 0 Å². The van der Waals surface area contributed by atoms with E-state index in [4.69, 9.17) is 17.3 Å². The Bertz CT molecular complexity index is 1350. The van der Waals surface area contributed by atoms with Gasteiger partial charge in [0.25, 0.3) is 5.91 Å². The van der Waals surface area contributed by atoms with Gasteiger partial charge in [-0.05, 0) is 36.9 Å². The van der Waals surface area contributed by atoms with Gasteiger partial charge in [0, 0.05) is 43.5 Å². The van der Waals surface area contributed by atoms with Gasteiger partial charge >= 0.3 is 0 Å². The monoisotopic (exact) mass is 465 g/mol. The number of piperazine rings is 1. The Labute approximate surface area is 194 Å². The van der Waals surface area contributed by atoms with Crippen LogP contribution in [0.3, 0.4) is 0 Å². The third-order valence-electron chi connectivity index (χ3n) is 6.08.